The zero-order valence-corrected chi connectivity index (χ0v) is 15.9. The number of carbonyl (C=O) groups is 1. The highest BCUT2D eigenvalue weighted by molar-refractivity contribution is 5.93. The lowest BCUT2D eigenvalue weighted by atomic mass is 9.94. The van der Waals surface area contributed by atoms with Crippen LogP contribution in [0.4, 0.5) is 5.95 Å². The molecule has 1 fully saturated rings. The van der Waals surface area contributed by atoms with Gasteiger partial charge >= 0.3 is 0 Å². The first-order chi connectivity index (χ1) is 12.9. The first-order valence-electron chi connectivity index (χ1n) is 9.25. The van der Waals surface area contributed by atoms with Crippen molar-refractivity contribution in [2.24, 2.45) is 0 Å². The molecule has 27 heavy (non-hydrogen) atoms. The molecule has 7 heteroatoms. The zero-order valence-electron chi connectivity index (χ0n) is 15.9. The fourth-order valence-corrected chi connectivity index (χ4v) is 3.56. The van der Waals surface area contributed by atoms with Crippen molar-refractivity contribution in [1.82, 2.24) is 14.5 Å². The summed E-state index contributed by atoms with van der Waals surface area (Å²) in [4.78, 5) is 21.7. The van der Waals surface area contributed by atoms with Gasteiger partial charge in [-0.3, -0.25) is 14.7 Å². The first kappa shape index (κ1) is 17.7. The van der Waals surface area contributed by atoms with Crippen molar-refractivity contribution in [2.75, 3.05) is 12.4 Å². The van der Waals surface area contributed by atoms with E-state index in [1.54, 1.807) is 13.2 Å². The Morgan fingerprint density at radius 1 is 1.41 bits per heavy atom. The van der Waals surface area contributed by atoms with Gasteiger partial charge in [-0.05, 0) is 51.3 Å². The number of pyridine rings is 1. The largest absolute Gasteiger partial charge is 0.481 e. The van der Waals surface area contributed by atoms with Gasteiger partial charge < -0.3 is 9.47 Å². The zero-order chi connectivity index (χ0) is 19.0. The first-order valence-corrected chi connectivity index (χ1v) is 9.25. The van der Waals surface area contributed by atoms with Crippen LogP contribution in [0.3, 0.4) is 0 Å². The topological polar surface area (TPSA) is 78.3 Å². The highest BCUT2D eigenvalue weighted by Gasteiger charge is 2.30. The van der Waals surface area contributed by atoms with E-state index in [1.807, 2.05) is 28.9 Å². The maximum atomic E-state index is 12.6. The van der Waals surface area contributed by atoms with Crippen LogP contribution in [0.1, 0.15) is 39.5 Å². The van der Waals surface area contributed by atoms with E-state index in [0.29, 0.717) is 29.4 Å². The maximum absolute atomic E-state index is 12.6. The molecule has 0 radical (unpaired) electrons. The van der Waals surface area contributed by atoms with Crippen LogP contribution in [-0.2, 0) is 9.53 Å². The molecule has 0 saturated carbocycles. The number of carbonyl (C=O) groups excluding carboxylic acids is 1. The summed E-state index contributed by atoms with van der Waals surface area (Å²) in [6.45, 7) is 4.15. The Balaban J connectivity index is 1.57. The predicted octanol–water partition coefficient (Wildman–Crippen LogP) is 3.53. The normalized spacial score (nSPS) is 20.9. The molecule has 0 spiro atoms. The number of methoxy groups -OCH3 is 1. The lowest BCUT2D eigenvalue weighted by molar-refractivity contribution is -0.131. The van der Waals surface area contributed by atoms with Crippen molar-refractivity contribution in [3.63, 3.8) is 0 Å². The molecule has 0 aromatic carbocycles. The average molecular weight is 368 g/mol. The van der Waals surface area contributed by atoms with Crippen LogP contribution in [0.15, 0.2) is 30.4 Å². The van der Waals surface area contributed by atoms with E-state index in [4.69, 9.17) is 9.47 Å². The number of fused-ring (bicyclic) bond motifs is 1. The number of amides is 1. The molecule has 4 rings (SSSR count). The van der Waals surface area contributed by atoms with Crippen LogP contribution in [0.2, 0.25) is 0 Å². The van der Waals surface area contributed by atoms with Crippen molar-refractivity contribution < 1.29 is 14.3 Å². The van der Waals surface area contributed by atoms with Gasteiger partial charge in [0.2, 0.25) is 17.7 Å². The van der Waals surface area contributed by atoms with Gasteiger partial charge in [0, 0.05) is 6.07 Å². The Kier molecular flexibility index (Phi) is 4.47. The van der Waals surface area contributed by atoms with Crippen LogP contribution in [0, 0.1) is 0 Å². The minimum absolute atomic E-state index is 0.0624. The van der Waals surface area contributed by atoms with Crippen molar-refractivity contribution in [3.05, 3.63) is 30.4 Å². The highest BCUT2D eigenvalue weighted by Crippen LogP contribution is 2.31. The summed E-state index contributed by atoms with van der Waals surface area (Å²) in [5.41, 5.74) is 2.10. The molecule has 2 aromatic rings. The molecule has 142 valence electrons. The van der Waals surface area contributed by atoms with Crippen molar-refractivity contribution >= 4 is 28.7 Å². The summed E-state index contributed by atoms with van der Waals surface area (Å²) >= 11 is 0. The minimum Gasteiger partial charge on any atom is -0.481 e. The van der Waals surface area contributed by atoms with E-state index in [0.717, 1.165) is 25.0 Å². The molecule has 1 saturated heterocycles. The number of nitrogens with zero attached hydrogens (tertiary/aromatic N) is 3. The number of allylic oxidation sites excluding steroid dienone is 4. The molecular formula is C20H24N4O3. The van der Waals surface area contributed by atoms with E-state index in [-0.39, 0.29) is 17.6 Å². The summed E-state index contributed by atoms with van der Waals surface area (Å²) in [5, 5.41) is 2.94. The number of rotatable bonds is 5. The van der Waals surface area contributed by atoms with Gasteiger partial charge in [-0.1, -0.05) is 6.08 Å². The second kappa shape index (κ2) is 6.81. The quantitative estimate of drug-likeness (QED) is 0.873. The summed E-state index contributed by atoms with van der Waals surface area (Å²) in [5.74, 6) is 0.856. The summed E-state index contributed by atoms with van der Waals surface area (Å²) in [6, 6.07) is 3.59. The third-order valence-corrected chi connectivity index (χ3v) is 4.94. The van der Waals surface area contributed by atoms with Crippen molar-refractivity contribution in [1.29, 1.82) is 0 Å². The Hall–Kier alpha value is -2.67. The lowest BCUT2D eigenvalue weighted by Gasteiger charge is -2.35. The fraction of sp³-hybridized carbons (Fsp3) is 0.450. The molecular weight excluding hydrogens is 344 g/mol. The molecule has 1 aliphatic heterocycles. The average Bonchev–Trinajstić information content (AvgIpc) is 2.89. The third kappa shape index (κ3) is 3.60. The Morgan fingerprint density at radius 2 is 2.22 bits per heavy atom. The van der Waals surface area contributed by atoms with Gasteiger partial charge in [-0.2, -0.15) is 4.98 Å². The fourth-order valence-electron chi connectivity index (χ4n) is 3.56. The number of aromatic nitrogens is 3. The van der Waals surface area contributed by atoms with Gasteiger partial charge in [0.25, 0.3) is 0 Å². The van der Waals surface area contributed by atoms with E-state index in [2.05, 4.69) is 29.1 Å². The van der Waals surface area contributed by atoms with Crippen LogP contribution in [0.5, 0.6) is 5.88 Å². The molecule has 3 heterocycles. The Morgan fingerprint density at radius 3 is 2.89 bits per heavy atom. The van der Waals surface area contributed by atoms with Gasteiger partial charge in [-0.15, -0.1) is 0 Å². The minimum atomic E-state index is -0.168. The van der Waals surface area contributed by atoms with Gasteiger partial charge in [0.1, 0.15) is 5.52 Å². The molecule has 1 aliphatic carbocycles. The second-order valence-electron chi connectivity index (χ2n) is 7.56. The molecule has 1 unspecified atom stereocenters. The maximum Gasteiger partial charge on any atom is 0.229 e. The van der Waals surface area contributed by atoms with Gasteiger partial charge in [-0.25, -0.2) is 4.98 Å². The molecule has 1 N–H and O–H groups in total. The van der Waals surface area contributed by atoms with Gasteiger partial charge in [0.15, 0.2) is 5.65 Å². The molecule has 2 aliphatic rings. The number of anilines is 1. The van der Waals surface area contributed by atoms with Gasteiger partial charge in [0.05, 0.1) is 30.9 Å². The molecule has 0 bridgehead atoms. The third-order valence-electron chi connectivity index (χ3n) is 4.94. The van der Waals surface area contributed by atoms with Crippen LogP contribution < -0.4 is 10.1 Å². The SMILES string of the molecule is COc1ccc2nc(NC(=O)CC3CCCC(C)(C)O3)n(C3=CC=C3)c2n1. The second-order valence-corrected chi connectivity index (χ2v) is 7.56. The predicted molar refractivity (Wildman–Crippen MR) is 104 cm³/mol. The molecule has 1 atom stereocenters. The lowest BCUT2D eigenvalue weighted by Crippen LogP contribution is -2.37. The molecule has 2 aromatic heterocycles. The monoisotopic (exact) mass is 368 g/mol. The number of hydrogen-bond donors (Lipinski definition) is 1. The molecule has 7 nitrogen and oxygen atoms in total. The standard InChI is InChI=1S/C20H24N4O3/c1-20(2)11-5-8-14(27-20)12-16(25)22-19-21-15-9-10-17(26-3)23-18(15)24(19)13-6-4-7-13/h4,6-7,9-10,14H,5,8,11-12H2,1-3H3,(H,21,22,25). The van der Waals surface area contributed by atoms with E-state index < -0.39 is 0 Å². The van der Waals surface area contributed by atoms with E-state index in [9.17, 15) is 4.79 Å². The van der Waals surface area contributed by atoms with E-state index >= 15 is 0 Å². The van der Waals surface area contributed by atoms with Crippen LogP contribution in [0.25, 0.3) is 16.9 Å². The number of nitrogens with one attached hydrogen (secondary N) is 1. The highest BCUT2D eigenvalue weighted by atomic mass is 16.5. The number of ether oxygens (including phenoxy) is 2. The molecule has 1 amide bonds. The van der Waals surface area contributed by atoms with Crippen molar-refractivity contribution in [3.8, 4) is 5.88 Å². The summed E-state index contributed by atoms with van der Waals surface area (Å²) < 4.78 is 13.1. The summed E-state index contributed by atoms with van der Waals surface area (Å²) in [7, 11) is 1.58. The number of hydrogen-bond acceptors (Lipinski definition) is 5. The van der Waals surface area contributed by atoms with Crippen LogP contribution in [-0.4, -0.2) is 39.3 Å². The Bertz CT molecular complexity index is 942. The van der Waals surface area contributed by atoms with Crippen LogP contribution >= 0.6 is 0 Å². The number of imidazole rings is 1. The summed E-state index contributed by atoms with van der Waals surface area (Å²) in [6.07, 6.45) is 9.09. The van der Waals surface area contributed by atoms with E-state index in [1.165, 1.54) is 0 Å². The van der Waals surface area contributed by atoms with Crippen molar-refractivity contribution in [2.45, 2.75) is 51.2 Å². The smallest absolute Gasteiger partial charge is 0.229 e. The Labute approximate surface area is 158 Å².